The number of nitrogens with zero attached hydrogens (tertiary/aromatic N) is 1. The quantitative estimate of drug-likeness (QED) is 0.781. The molecular formula is C17H21NO3. The van der Waals surface area contributed by atoms with Gasteiger partial charge in [0.1, 0.15) is 0 Å². The summed E-state index contributed by atoms with van der Waals surface area (Å²) in [6.45, 7) is 7.61. The van der Waals surface area contributed by atoms with E-state index in [1.165, 1.54) is 0 Å². The Balaban J connectivity index is 2.03. The molecule has 2 unspecified atom stereocenters. The highest BCUT2D eigenvalue weighted by Crippen LogP contribution is 2.48. The Labute approximate surface area is 125 Å². The summed E-state index contributed by atoms with van der Waals surface area (Å²) < 4.78 is 5.71. The maximum absolute atomic E-state index is 12.9. The monoisotopic (exact) mass is 287 g/mol. The van der Waals surface area contributed by atoms with Gasteiger partial charge in [-0.15, -0.1) is 0 Å². The number of hydrogen-bond acceptors (Lipinski definition) is 4. The number of ketones is 2. The van der Waals surface area contributed by atoms with Crippen molar-refractivity contribution in [3.63, 3.8) is 0 Å². The van der Waals surface area contributed by atoms with Crippen LogP contribution in [0.1, 0.15) is 53.0 Å². The molecule has 4 heteroatoms. The number of carbonyl (C=O) groups is 2. The zero-order chi connectivity index (χ0) is 15.2. The molecule has 4 nitrogen and oxygen atoms in total. The first-order valence-corrected chi connectivity index (χ1v) is 7.68. The molecule has 1 aromatic carbocycles. The molecular weight excluding hydrogens is 266 g/mol. The maximum Gasteiger partial charge on any atom is 0.221 e. The van der Waals surface area contributed by atoms with Crippen molar-refractivity contribution in [2.24, 2.45) is 0 Å². The lowest BCUT2D eigenvalue weighted by molar-refractivity contribution is 0.0500. The Morgan fingerprint density at radius 3 is 2.43 bits per heavy atom. The third kappa shape index (κ3) is 1.97. The molecule has 21 heavy (non-hydrogen) atoms. The first kappa shape index (κ1) is 14.4. The third-order valence-corrected chi connectivity index (χ3v) is 4.30. The van der Waals surface area contributed by atoms with Gasteiger partial charge in [-0.25, -0.2) is 0 Å². The minimum atomic E-state index is -1.02. The van der Waals surface area contributed by atoms with Crippen LogP contribution in [0, 0.1) is 6.92 Å². The fourth-order valence-electron chi connectivity index (χ4n) is 3.31. The summed E-state index contributed by atoms with van der Waals surface area (Å²) in [7, 11) is 0. The highest BCUT2D eigenvalue weighted by Gasteiger charge is 2.71. The van der Waals surface area contributed by atoms with Gasteiger partial charge in [-0.1, -0.05) is 31.5 Å². The van der Waals surface area contributed by atoms with Gasteiger partial charge in [0.25, 0.3) is 0 Å². The number of carbonyl (C=O) groups excluding carboxylic acids is 2. The van der Waals surface area contributed by atoms with Crippen molar-refractivity contribution < 1.29 is 14.3 Å². The number of benzene rings is 1. The van der Waals surface area contributed by atoms with Crippen LogP contribution in [0.3, 0.4) is 0 Å². The Kier molecular flexibility index (Phi) is 3.46. The van der Waals surface area contributed by atoms with Gasteiger partial charge in [0.15, 0.2) is 11.9 Å². The molecule has 1 aliphatic carbocycles. The third-order valence-electron chi connectivity index (χ3n) is 4.30. The van der Waals surface area contributed by atoms with Crippen molar-refractivity contribution in [3.8, 4) is 0 Å². The average molecular weight is 287 g/mol. The second kappa shape index (κ2) is 5.04. The highest BCUT2D eigenvalue weighted by atomic mass is 16.6. The largest absolute Gasteiger partial charge is 0.333 e. The lowest BCUT2D eigenvalue weighted by Crippen LogP contribution is -2.51. The van der Waals surface area contributed by atoms with Crippen LogP contribution >= 0.6 is 0 Å². The first-order chi connectivity index (χ1) is 10.1. The number of fused-ring (bicyclic) bond motifs is 2. The minimum absolute atomic E-state index is 0.0505. The van der Waals surface area contributed by atoms with Crippen molar-refractivity contribution in [2.75, 3.05) is 13.1 Å². The summed E-state index contributed by atoms with van der Waals surface area (Å²) >= 11 is 0. The van der Waals surface area contributed by atoms with Gasteiger partial charge in [0.2, 0.25) is 11.5 Å². The number of aryl methyl sites for hydroxylation is 1. The van der Waals surface area contributed by atoms with Crippen LogP contribution in [0.2, 0.25) is 0 Å². The molecule has 0 aromatic heterocycles. The number of rotatable bonds is 5. The standard InChI is InChI=1S/C17H21NO3/c1-4-8-18(9-5-2)17-15(20)12-7-6-11(3)10-13(12)14(19)16(17)21-17/h6-7,10,16H,4-5,8-9H2,1-3H3. The van der Waals surface area contributed by atoms with Crippen LogP contribution in [0.5, 0.6) is 0 Å². The van der Waals surface area contributed by atoms with Gasteiger partial charge < -0.3 is 4.74 Å². The highest BCUT2D eigenvalue weighted by molar-refractivity contribution is 6.22. The van der Waals surface area contributed by atoms with Crippen LogP contribution in [0.25, 0.3) is 0 Å². The molecule has 1 fully saturated rings. The molecule has 1 heterocycles. The fraction of sp³-hybridized carbons (Fsp3) is 0.529. The van der Waals surface area contributed by atoms with Crippen molar-refractivity contribution in [3.05, 3.63) is 34.9 Å². The van der Waals surface area contributed by atoms with Crippen molar-refractivity contribution in [1.82, 2.24) is 4.90 Å². The summed E-state index contributed by atoms with van der Waals surface area (Å²) in [5, 5.41) is 0. The van der Waals surface area contributed by atoms with E-state index < -0.39 is 11.8 Å². The van der Waals surface area contributed by atoms with Gasteiger partial charge in [0.05, 0.1) is 0 Å². The zero-order valence-corrected chi connectivity index (χ0v) is 12.8. The summed E-state index contributed by atoms with van der Waals surface area (Å²) in [4.78, 5) is 27.5. The number of hydrogen-bond donors (Lipinski definition) is 0. The Morgan fingerprint density at radius 1 is 1.14 bits per heavy atom. The number of ether oxygens (including phenoxy) is 1. The van der Waals surface area contributed by atoms with E-state index in [0.29, 0.717) is 11.1 Å². The topological polar surface area (TPSA) is 49.9 Å². The van der Waals surface area contributed by atoms with Gasteiger partial charge in [-0.2, -0.15) is 0 Å². The van der Waals surface area contributed by atoms with Gasteiger partial charge in [0, 0.05) is 24.2 Å². The maximum atomic E-state index is 12.9. The van der Waals surface area contributed by atoms with E-state index >= 15 is 0 Å². The molecule has 1 saturated heterocycles. The van der Waals surface area contributed by atoms with Crippen LogP contribution < -0.4 is 0 Å². The lowest BCUT2D eigenvalue weighted by Gasteiger charge is -2.30. The first-order valence-electron chi connectivity index (χ1n) is 7.68. The SMILES string of the molecule is CCCN(CCC)C12OC1C(=O)c1cc(C)ccc1C2=O. The second-order valence-electron chi connectivity index (χ2n) is 5.92. The molecule has 0 bridgehead atoms. The molecule has 3 rings (SSSR count). The van der Waals surface area contributed by atoms with Gasteiger partial charge in [-0.3, -0.25) is 14.5 Å². The van der Waals surface area contributed by atoms with E-state index in [2.05, 4.69) is 13.8 Å². The summed E-state index contributed by atoms with van der Waals surface area (Å²) in [5.74, 6) is -0.102. The number of Topliss-reactive ketones (excluding diaryl/α,β-unsaturated/α-hetero) is 2. The van der Waals surface area contributed by atoms with Crippen molar-refractivity contribution >= 4 is 11.6 Å². The summed E-state index contributed by atoms with van der Waals surface area (Å²) in [6, 6.07) is 5.44. The predicted octanol–water partition coefficient (Wildman–Crippen LogP) is 2.59. The normalized spacial score (nSPS) is 26.8. The molecule has 2 atom stereocenters. The molecule has 1 aromatic rings. The van der Waals surface area contributed by atoms with E-state index in [1.807, 2.05) is 17.9 Å². The second-order valence-corrected chi connectivity index (χ2v) is 5.92. The number of epoxide rings is 1. The van der Waals surface area contributed by atoms with Crippen LogP contribution in [-0.2, 0) is 4.74 Å². The van der Waals surface area contributed by atoms with E-state index in [4.69, 9.17) is 4.74 Å². The fourth-order valence-corrected chi connectivity index (χ4v) is 3.31. The molecule has 0 amide bonds. The van der Waals surface area contributed by atoms with Crippen LogP contribution in [0.15, 0.2) is 18.2 Å². The summed E-state index contributed by atoms with van der Waals surface area (Å²) in [6.07, 6.45) is 1.25. The van der Waals surface area contributed by atoms with Crippen LogP contribution in [0.4, 0.5) is 0 Å². The van der Waals surface area contributed by atoms with Gasteiger partial charge >= 0.3 is 0 Å². The van der Waals surface area contributed by atoms with E-state index in [-0.39, 0.29) is 11.6 Å². The Hall–Kier alpha value is -1.52. The molecule has 0 saturated carbocycles. The zero-order valence-electron chi connectivity index (χ0n) is 12.8. The van der Waals surface area contributed by atoms with E-state index in [9.17, 15) is 9.59 Å². The smallest absolute Gasteiger partial charge is 0.221 e. The molecule has 112 valence electrons. The summed E-state index contributed by atoms with van der Waals surface area (Å²) in [5.41, 5.74) is 0.996. The van der Waals surface area contributed by atoms with Crippen LogP contribution in [-0.4, -0.2) is 41.4 Å². The van der Waals surface area contributed by atoms with Crippen molar-refractivity contribution in [2.45, 2.75) is 45.4 Å². The van der Waals surface area contributed by atoms with E-state index in [0.717, 1.165) is 31.5 Å². The van der Waals surface area contributed by atoms with E-state index in [1.54, 1.807) is 12.1 Å². The molecule has 0 N–H and O–H groups in total. The molecule has 0 spiro atoms. The Bertz CT molecular complexity index is 604. The van der Waals surface area contributed by atoms with Crippen molar-refractivity contribution in [1.29, 1.82) is 0 Å². The lowest BCUT2D eigenvalue weighted by atomic mass is 9.84. The minimum Gasteiger partial charge on any atom is -0.333 e. The molecule has 0 radical (unpaired) electrons. The molecule has 1 aliphatic heterocycles. The Morgan fingerprint density at radius 2 is 1.81 bits per heavy atom. The molecule has 2 aliphatic rings. The predicted molar refractivity (Wildman–Crippen MR) is 79.6 cm³/mol. The average Bonchev–Trinajstić information content (AvgIpc) is 3.22. The van der Waals surface area contributed by atoms with Gasteiger partial charge in [-0.05, 0) is 25.8 Å².